The fourth-order valence-electron chi connectivity index (χ4n) is 5.44. The quantitative estimate of drug-likeness (QED) is 0.652. The zero-order valence-electron chi connectivity index (χ0n) is 15.5. The SMILES string of the molecule is CC1=CC2=C(CC1)C1=C(C=C(N)C(C3C=CC=CC3)C1)C1C=CC=CC21. The van der Waals surface area contributed by atoms with Gasteiger partial charge in [-0.25, -0.2) is 0 Å². The maximum atomic E-state index is 6.63. The minimum absolute atomic E-state index is 0.440. The van der Waals surface area contributed by atoms with E-state index in [1.807, 2.05) is 0 Å². The summed E-state index contributed by atoms with van der Waals surface area (Å²) >= 11 is 0. The lowest BCUT2D eigenvalue weighted by Gasteiger charge is -2.42. The van der Waals surface area contributed by atoms with Crippen molar-refractivity contribution in [3.8, 4) is 0 Å². The molecular formula is C25H27N. The van der Waals surface area contributed by atoms with Crippen molar-refractivity contribution >= 4 is 0 Å². The van der Waals surface area contributed by atoms with E-state index in [9.17, 15) is 0 Å². The number of hydrogen-bond acceptors (Lipinski definition) is 1. The standard InChI is InChI=1S/C25H27N/c1-16-11-12-20-22(13-16)18-9-5-6-10-19(18)24-15-25(26)21(14-23(20)24)17-7-3-2-4-8-17/h2-7,9-10,13,15,17-19,21H,8,11-12,14,26H2,1H3. The Morgan fingerprint density at radius 2 is 1.58 bits per heavy atom. The van der Waals surface area contributed by atoms with Gasteiger partial charge >= 0.3 is 0 Å². The van der Waals surface area contributed by atoms with Gasteiger partial charge in [0.2, 0.25) is 0 Å². The second-order valence-corrected chi connectivity index (χ2v) is 8.35. The highest BCUT2D eigenvalue weighted by molar-refractivity contribution is 5.59. The van der Waals surface area contributed by atoms with Gasteiger partial charge in [-0.05, 0) is 66.9 Å². The van der Waals surface area contributed by atoms with Gasteiger partial charge in [0.25, 0.3) is 0 Å². The van der Waals surface area contributed by atoms with E-state index in [2.05, 4.69) is 67.7 Å². The molecule has 4 unspecified atom stereocenters. The maximum absolute atomic E-state index is 6.63. The van der Waals surface area contributed by atoms with E-state index in [1.165, 1.54) is 24.0 Å². The molecule has 1 heteroatoms. The van der Waals surface area contributed by atoms with Crippen LogP contribution in [0.3, 0.4) is 0 Å². The van der Waals surface area contributed by atoms with Crippen LogP contribution in [0.1, 0.15) is 32.6 Å². The van der Waals surface area contributed by atoms with Crippen molar-refractivity contribution in [1.29, 1.82) is 0 Å². The predicted octanol–water partition coefficient (Wildman–Crippen LogP) is 5.69. The molecule has 5 rings (SSSR count). The van der Waals surface area contributed by atoms with E-state index < -0.39 is 0 Å². The number of fused-ring (bicyclic) bond motifs is 4. The van der Waals surface area contributed by atoms with Crippen molar-refractivity contribution in [2.45, 2.75) is 32.6 Å². The van der Waals surface area contributed by atoms with E-state index in [4.69, 9.17) is 5.73 Å². The Labute approximate surface area is 156 Å². The highest BCUT2D eigenvalue weighted by Gasteiger charge is 2.38. The van der Waals surface area contributed by atoms with Crippen molar-refractivity contribution in [3.05, 3.63) is 94.3 Å². The largest absolute Gasteiger partial charge is 0.402 e. The first kappa shape index (κ1) is 15.9. The lowest BCUT2D eigenvalue weighted by molar-refractivity contribution is 0.429. The summed E-state index contributed by atoms with van der Waals surface area (Å²) in [4.78, 5) is 0. The van der Waals surface area contributed by atoms with Gasteiger partial charge in [0.05, 0.1) is 0 Å². The highest BCUT2D eigenvalue weighted by Crippen LogP contribution is 2.51. The Hall–Kier alpha value is -2.28. The topological polar surface area (TPSA) is 26.0 Å². The molecule has 0 saturated heterocycles. The minimum Gasteiger partial charge on any atom is -0.402 e. The van der Waals surface area contributed by atoms with Crippen LogP contribution in [0.4, 0.5) is 0 Å². The number of allylic oxidation sites excluding steroid dienone is 16. The molecule has 4 atom stereocenters. The van der Waals surface area contributed by atoms with Gasteiger partial charge in [0.1, 0.15) is 0 Å². The molecule has 1 nitrogen and oxygen atoms in total. The summed E-state index contributed by atoms with van der Waals surface area (Å²) in [5.74, 6) is 1.92. The molecule has 0 radical (unpaired) electrons. The summed E-state index contributed by atoms with van der Waals surface area (Å²) in [6, 6.07) is 0. The fraction of sp³-hybridized carbons (Fsp3) is 0.360. The Balaban J connectivity index is 1.60. The van der Waals surface area contributed by atoms with Crippen molar-refractivity contribution in [1.82, 2.24) is 0 Å². The first-order valence-electron chi connectivity index (χ1n) is 10.0. The smallest absolute Gasteiger partial charge is 0.0128 e. The monoisotopic (exact) mass is 341 g/mol. The Morgan fingerprint density at radius 1 is 0.846 bits per heavy atom. The van der Waals surface area contributed by atoms with Gasteiger partial charge in [-0.2, -0.15) is 0 Å². The molecule has 0 fully saturated rings. The molecule has 0 bridgehead atoms. The Morgan fingerprint density at radius 3 is 2.31 bits per heavy atom. The number of rotatable bonds is 1. The summed E-state index contributed by atoms with van der Waals surface area (Å²) in [5.41, 5.74) is 15.5. The Kier molecular flexibility index (Phi) is 3.77. The molecule has 0 heterocycles. The van der Waals surface area contributed by atoms with Crippen LogP contribution in [0.5, 0.6) is 0 Å². The van der Waals surface area contributed by atoms with Crippen LogP contribution in [-0.2, 0) is 0 Å². The third kappa shape index (κ3) is 2.45. The fourth-order valence-corrected chi connectivity index (χ4v) is 5.44. The molecule has 0 aromatic carbocycles. The molecule has 5 aliphatic carbocycles. The molecular weight excluding hydrogens is 314 g/mol. The lowest BCUT2D eigenvalue weighted by Crippen LogP contribution is -2.31. The van der Waals surface area contributed by atoms with Crippen molar-refractivity contribution in [2.24, 2.45) is 29.4 Å². The average molecular weight is 341 g/mol. The van der Waals surface area contributed by atoms with Gasteiger partial charge in [-0.3, -0.25) is 0 Å². The first-order valence-corrected chi connectivity index (χ1v) is 10.0. The predicted molar refractivity (Wildman–Crippen MR) is 109 cm³/mol. The van der Waals surface area contributed by atoms with E-state index in [0.29, 0.717) is 23.7 Å². The minimum atomic E-state index is 0.440. The van der Waals surface area contributed by atoms with Gasteiger partial charge in [0.15, 0.2) is 0 Å². The second kappa shape index (κ2) is 6.16. The van der Waals surface area contributed by atoms with Crippen molar-refractivity contribution < 1.29 is 0 Å². The van der Waals surface area contributed by atoms with Crippen LogP contribution in [-0.4, -0.2) is 0 Å². The molecule has 0 aliphatic heterocycles. The molecule has 0 amide bonds. The van der Waals surface area contributed by atoms with Gasteiger partial charge in [-0.1, -0.05) is 60.3 Å². The van der Waals surface area contributed by atoms with Crippen LogP contribution in [0.2, 0.25) is 0 Å². The summed E-state index contributed by atoms with van der Waals surface area (Å²) in [5, 5.41) is 0. The van der Waals surface area contributed by atoms with E-state index in [1.54, 1.807) is 16.7 Å². The van der Waals surface area contributed by atoms with Crippen LogP contribution < -0.4 is 5.73 Å². The van der Waals surface area contributed by atoms with Crippen molar-refractivity contribution in [2.75, 3.05) is 0 Å². The average Bonchev–Trinajstić information content (AvgIpc) is 2.68. The van der Waals surface area contributed by atoms with E-state index in [0.717, 1.165) is 18.5 Å². The van der Waals surface area contributed by atoms with Gasteiger partial charge in [-0.15, -0.1) is 0 Å². The molecule has 0 saturated carbocycles. The maximum Gasteiger partial charge on any atom is 0.0128 e. The summed E-state index contributed by atoms with van der Waals surface area (Å²) in [6.07, 6.45) is 27.6. The molecule has 0 aromatic heterocycles. The molecule has 0 aromatic rings. The molecule has 0 spiro atoms. The zero-order valence-corrected chi connectivity index (χ0v) is 15.5. The number of hydrogen-bond donors (Lipinski definition) is 1. The van der Waals surface area contributed by atoms with Crippen LogP contribution in [0, 0.1) is 23.7 Å². The van der Waals surface area contributed by atoms with Crippen LogP contribution >= 0.6 is 0 Å². The van der Waals surface area contributed by atoms with Crippen LogP contribution in [0.15, 0.2) is 94.3 Å². The van der Waals surface area contributed by atoms with Gasteiger partial charge in [0, 0.05) is 23.5 Å². The zero-order chi connectivity index (χ0) is 17.7. The molecule has 5 aliphatic rings. The van der Waals surface area contributed by atoms with E-state index in [-0.39, 0.29) is 0 Å². The Bertz CT molecular complexity index is 881. The normalized spacial score (nSPS) is 35.0. The first-order chi connectivity index (χ1) is 12.7. The summed E-state index contributed by atoms with van der Waals surface area (Å²) < 4.78 is 0. The third-order valence-corrected chi connectivity index (χ3v) is 6.79. The van der Waals surface area contributed by atoms with Gasteiger partial charge < -0.3 is 5.73 Å². The summed E-state index contributed by atoms with van der Waals surface area (Å²) in [6.45, 7) is 2.28. The number of nitrogens with two attached hydrogens (primary N) is 1. The second-order valence-electron chi connectivity index (χ2n) is 8.35. The lowest BCUT2D eigenvalue weighted by atomic mass is 9.63. The molecule has 2 N–H and O–H groups in total. The summed E-state index contributed by atoms with van der Waals surface area (Å²) in [7, 11) is 0. The van der Waals surface area contributed by atoms with Crippen LogP contribution in [0.25, 0.3) is 0 Å². The molecule has 132 valence electrons. The highest BCUT2D eigenvalue weighted by atomic mass is 14.6. The molecule has 26 heavy (non-hydrogen) atoms. The third-order valence-electron chi connectivity index (χ3n) is 6.79. The van der Waals surface area contributed by atoms with Crippen molar-refractivity contribution in [3.63, 3.8) is 0 Å². The van der Waals surface area contributed by atoms with E-state index >= 15 is 0 Å².